The van der Waals surface area contributed by atoms with E-state index in [0.29, 0.717) is 0 Å². The Morgan fingerprint density at radius 3 is 2.00 bits per heavy atom. The number of hydrogen-bond donors (Lipinski definition) is 3. The van der Waals surface area contributed by atoms with Crippen molar-refractivity contribution in [2.24, 2.45) is 17.8 Å². The van der Waals surface area contributed by atoms with E-state index in [9.17, 15) is 5.11 Å². The molecule has 0 aliphatic carbocycles. The van der Waals surface area contributed by atoms with Crippen LogP contribution in [0.25, 0.3) is 0 Å². The molecule has 1 rings (SSSR count). The molecule has 4 nitrogen and oxygen atoms in total. The predicted molar refractivity (Wildman–Crippen MR) is 46.6 cm³/mol. The highest BCUT2D eigenvalue weighted by molar-refractivity contribution is 4.82. The Kier molecular flexibility index (Phi) is 3.29. The molecule has 1 aliphatic rings. The van der Waals surface area contributed by atoms with Crippen LogP contribution >= 0.6 is 0 Å². The van der Waals surface area contributed by atoms with E-state index in [-0.39, 0.29) is 17.8 Å². The SMILES string of the molecule is CC1C(O)OC(C(O)O)C(C)C1C. The Balaban J connectivity index is 2.70. The van der Waals surface area contributed by atoms with Crippen molar-refractivity contribution in [2.75, 3.05) is 0 Å². The highest BCUT2D eigenvalue weighted by atomic mass is 16.6. The molecule has 5 unspecified atom stereocenters. The van der Waals surface area contributed by atoms with Crippen molar-refractivity contribution in [1.29, 1.82) is 0 Å². The minimum Gasteiger partial charge on any atom is -0.368 e. The van der Waals surface area contributed by atoms with E-state index in [1.165, 1.54) is 0 Å². The van der Waals surface area contributed by atoms with Crippen LogP contribution in [0, 0.1) is 17.8 Å². The van der Waals surface area contributed by atoms with Gasteiger partial charge < -0.3 is 20.1 Å². The van der Waals surface area contributed by atoms with Crippen LogP contribution < -0.4 is 0 Å². The molecule has 1 aliphatic heterocycles. The second-order valence-corrected chi connectivity index (χ2v) is 3.98. The minimum atomic E-state index is -1.51. The van der Waals surface area contributed by atoms with E-state index in [1.807, 2.05) is 20.8 Å². The molecule has 0 aromatic heterocycles. The van der Waals surface area contributed by atoms with Crippen LogP contribution in [0.1, 0.15) is 20.8 Å². The second kappa shape index (κ2) is 3.92. The van der Waals surface area contributed by atoms with Crippen LogP contribution in [0.4, 0.5) is 0 Å². The zero-order chi connectivity index (χ0) is 10.2. The van der Waals surface area contributed by atoms with Crippen molar-refractivity contribution >= 4 is 0 Å². The van der Waals surface area contributed by atoms with Gasteiger partial charge in [-0.3, -0.25) is 0 Å². The Morgan fingerprint density at radius 1 is 1.00 bits per heavy atom. The molecule has 4 heteroatoms. The van der Waals surface area contributed by atoms with Crippen LogP contribution in [0.5, 0.6) is 0 Å². The normalized spacial score (nSPS) is 46.8. The van der Waals surface area contributed by atoms with Crippen LogP contribution in [0.15, 0.2) is 0 Å². The van der Waals surface area contributed by atoms with E-state index in [4.69, 9.17) is 14.9 Å². The maximum atomic E-state index is 9.44. The first-order valence-electron chi connectivity index (χ1n) is 4.64. The molecule has 3 N–H and O–H groups in total. The molecule has 0 spiro atoms. The maximum absolute atomic E-state index is 9.44. The van der Waals surface area contributed by atoms with Gasteiger partial charge in [-0.05, 0) is 11.8 Å². The van der Waals surface area contributed by atoms with E-state index < -0.39 is 18.7 Å². The fourth-order valence-electron chi connectivity index (χ4n) is 1.79. The molecule has 1 saturated heterocycles. The summed E-state index contributed by atoms with van der Waals surface area (Å²) in [5.41, 5.74) is 0. The zero-order valence-corrected chi connectivity index (χ0v) is 8.21. The molecule has 0 bridgehead atoms. The van der Waals surface area contributed by atoms with E-state index in [1.54, 1.807) is 0 Å². The first kappa shape index (κ1) is 10.9. The van der Waals surface area contributed by atoms with Gasteiger partial charge >= 0.3 is 0 Å². The lowest BCUT2D eigenvalue weighted by molar-refractivity contribution is -0.276. The molecule has 78 valence electrons. The Hall–Kier alpha value is -0.160. The molecule has 1 fully saturated rings. The number of aliphatic hydroxyl groups excluding tert-OH is 2. The summed E-state index contributed by atoms with van der Waals surface area (Å²) < 4.78 is 5.10. The quantitative estimate of drug-likeness (QED) is 0.506. The number of hydrogen-bond acceptors (Lipinski definition) is 4. The summed E-state index contributed by atoms with van der Waals surface area (Å²) in [4.78, 5) is 0. The van der Waals surface area contributed by atoms with Gasteiger partial charge in [-0.1, -0.05) is 20.8 Å². The van der Waals surface area contributed by atoms with Crippen LogP contribution in [-0.2, 0) is 4.74 Å². The molecule has 5 atom stereocenters. The topological polar surface area (TPSA) is 69.9 Å². The van der Waals surface area contributed by atoms with Crippen molar-refractivity contribution < 1.29 is 20.1 Å². The second-order valence-electron chi connectivity index (χ2n) is 3.98. The van der Waals surface area contributed by atoms with E-state index in [0.717, 1.165) is 0 Å². The third-order valence-corrected chi connectivity index (χ3v) is 3.22. The third-order valence-electron chi connectivity index (χ3n) is 3.22. The Morgan fingerprint density at radius 2 is 1.54 bits per heavy atom. The van der Waals surface area contributed by atoms with E-state index in [2.05, 4.69) is 0 Å². The standard InChI is InChI=1S/C9H18O4/c1-4-5(2)7(8(10)11)13-9(12)6(4)3/h4-12H,1-3H3. The average Bonchev–Trinajstić information content (AvgIpc) is 2.07. The van der Waals surface area contributed by atoms with Gasteiger partial charge in [0, 0.05) is 5.92 Å². The van der Waals surface area contributed by atoms with Gasteiger partial charge in [0.15, 0.2) is 12.6 Å². The summed E-state index contributed by atoms with van der Waals surface area (Å²) in [6.45, 7) is 5.78. The summed E-state index contributed by atoms with van der Waals surface area (Å²) >= 11 is 0. The van der Waals surface area contributed by atoms with Crippen molar-refractivity contribution in [3.05, 3.63) is 0 Å². The largest absolute Gasteiger partial charge is 0.368 e. The van der Waals surface area contributed by atoms with Gasteiger partial charge in [0.25, 0.3) is 0 Å². The fraction of sp³-hybridized carbons (Fsp3) is 1.00. The average molecular weight is 190 g/mol. The zero-order valence-electron chi connectivity index (χ0n) is 8.21. The van der Waals surface area contributed by atoms with Gasteiger partial charge in [0.05, 0.1) is 0 Å². The molecule has 0 aromatic carbocycles. The van der Waals surface area contributed by atoms with Gasteiger partial charge in [-0.15, -0.1) is 0 Å². The summed E-state index contributed by atoms with van der Waals surface area (Å²) in [5, 5.41) is 27.4. The van der Waals surface area contributed by atoms with Gasteiger partial charge in [0.2, 0.25) is 0 Å². The number of rotatable bonds is 1. The van der Waals surface area contributed by atoms with Gasteiger partial charge in [-0.25, -0.2) is 0 Å². The lowest BCUT2D eigenvalue weighted by Gasteiger charge is -2.42. The summed E-state index contributed by atoms with van der Waals surface area (Å²) in [5.74, 6) is 0.291. The van der Waals surface area contributed by atoms with Crippen LogP contribution in [0.3, 0.4) is 0 Å². The first-order chi connectivity index (χ1) is 5.95. The van der Waals surface area contributed by atoms with E-state index >= 15 is 0 Å². The fourth-order valence-corrected chi connectivity index (χ4v) is 1.79. The lowest BCUT2D eigenvalue weighted by Crippen LogP contribution is -2.49. The monoisotopic (exact) mass is 190 g/mol. The molecule has 0 aromatic rings. The third kappa shape index (κ3) is 2.02. The van der Waals surface area contributed by atoms with Crippen LogP contribution in [0.2, 0.25) is 0 Å². The first-order valence-corrected chi connectivity index (χ1v) is 4.64. The maximum Gasteiger partial charge on any atom is 0.178 e. The highest BCUT2D eigenvalue weighted by Crippen LogP contribution is 2.34. The Bertz CT molecular complexity index is 171. The van der Waals surface area contributed by atoms with Crippen molar-refractivity contribution in [3.63, 3.8) is 0 Å². The smallest absolute Gasteiger partial charge is 0.178 e. The molecular weight excluding hydrogens is 172 g/mol. The van der Waals surface area contributed by atoms with Crippen molar-refractivity contribution in [1.82, 2.24) is 0 Å². The molecule has 0 amide bonds. The summed E-state index contributed by atoms with van der Waals surface area (Å²) in [6.07, 6.45) is -3.08. The van der Waals surface area contributed by atoms with Crippen molar-refractivity contribution in [3.8, 4) is 0 Å². The molecular formula is C9H18O4. The van der Waals surface area contributed by atoms with Crippen molar-refractivity contribution in [2.45, 2.75) is 39.5 Å². The predicted octanol–water partition coefficient (Wildman–Crippen LogP) is -0.0774. The summed E-state index contributed by atoms with van der Waals surface area (Å²) in [6, 6.07) is 0. The summed E-state index contributed by atoms with van der Waals surface area (Å²) in [7, 11) is 0. The molecule has 13 heavy (non-hydrogen) atoms. The van der Waals surface area contributed by atoms with Gasteiger partial charge in [0.1, 0.15) is 6.10 Å². The minimum absolute atomic E-state index is 0.0324. The Labute approximate surface area is 78.1 Å². The highest BCUT2D eigenvalue weighted by Gasteiger charge is 2.40. The lowest BCUT2D eigenvalue weighted by atomic mass is 9.79. The van der Waals surface area contributed by atoms with Gasteiger partial charge in [-0.2, -0.15) is 0 Å². The number of ether oxygens (including phenoxy) is 1. The number of aliphatic hydroxyl groups is 3. The molecule has 0 saturated carbocycles. The molecule has 0 radical (unpaired) electrons. The molecule has 1 heterocycles. The van der Waals surface area contributed by atoms with Crippen LogP contribution in [-0.4, -0.2) is 34.0 Å².